The Hall–Kier alpha value is -1.56. The van der Waals surface area contributed by atoms with Crippen molar-refractivity contribution in [3.05, 3.63) is 29.8 Å². The van der Waals surface area contributed by atoms with Gasteiger partial charge in [0, 0.05) is 26.4 Å². The Balaban J connectivity index is 1.60. The first-order valence-corrected chi connectivity index (χ1v) is 11.6. The minimum atomic E-state index is -3.12. The Bertz CT molecular complexity index is 663. The summed E-state index contributed by atoms with van der Waals surface area (Å²) in [6.07, 6.45) is 11.6. The fraction of sp³-hybridized carbons (Fsp3) is 0.650. The van der Waals surface area contributed by atoms with Crippen LogP contribution in [0.5, 0.6) is 0 Å². The van der Waals surface area contributed by atoms with Crippen LogP contribution in [0.1, 0.15) is 50.5 Å². The number of hydrogen-bond donors (Lipinski definition) is 2. The summed E-state index contributed by atoms with van der Waals surface area (Å²) >= 11 is 0. The van der Waals surface area contributed by atoms with Crippen molar-refractivity contribution < 1.29 is 8.42 Å². The van der Waals surface area contributed by atoms with Crippen LogP contribution in [0.25, 0.3) is 0 Å². The minimum Gasteiger partial charge on any atom is -0.356 e. The number of unbranched alkanes of at least 4 members (excludes halogenated alkanes) is 1. The highest BCUT2D eigenvalue weighted by molar-refractivity contribution is 7.90. The third kappa shape index (κ3) is 7.36. The molecule has 1 aliphatic carbocycles. The second kappa shape index (κ2) is 10.6. The molecular formula is C20H33N3O2S. The van der Waals surface area contributed by atoms with Gasteiger partial charge in [0.2, 0.25) is 0 Å². The molecule has 146 valence electrons. The van der Waals surface area contributed by atoms with Crippen molar-refractivity contribution in [2.45, 2.75) is 56.3 Å². The minimum absolute atomic E-state index is 0.365. The molecule has 0 heterocycles. The number of guanidine groups is 1. The molecule has 0 radical (unpaired) electrons. The number of aliphatic imine (C=N–C) groups is 1. The van der Waals surface area contributed by atoms with Crippen LogP contribution in [0.3, 0.4) is 0 Å². The summed E-state index contributed by atoms with van der Waals surface area (Å²) in [6.45, 7) is 1.72. The maximum absolute atomic E-state index is 11.5. The number of sulfone groups is 1. The molecule has 1 aliphatic rings. The van der Waals surface area contributed by atoms with Crippen LogP contribution in [0.2, 0.25) is 0 Å². The SMILES string of the molecule is CN=C(NCCCCC1CCCC1)NCCc1ccc(S(C)(=O)=O)cc1. The third-order valence-electron chi connectivity index (χ3n) is 5.09. The average Bonchev–Trinajstić information content (AvgIpc) is 3.13. The molecule has 0 amide bonds. The van der Waals surface area contributed by atoms with Crippen molar-refractivity contribution in [3.63, 3.8) is 0 Å². The number of hydrogen-bond acceptors (Lipinski definition) is 3. The first-order valence-electron chi connectivity index (χ1n) is 9.72. The molecule has 1 aromatic carbocycles. The van der Waals surface area contributed by atoms with Gasteiger partial charge in [0.15, 0.2) is 15.8 Å². The van der Waals surface area contributed by atoms with Gasteiger partial charge in [-0.15, -0.1) is 0 Å². The molecule has 0 spiro atoms. The van der Waals surface area contributed by atoms with E-state index in [-0.39, 0.29) is 0 Å². The van der Waals surface area contributed by atoms with Crippen LogP contribution in [0.15, 0.2) is 34.2 Å². The summed E-state index contributed by atoms with van der Waals surface area (Å²) in [7, 11) is -1.34. The molecule has 1 saturated carbocycles. The zero-order chi connectivity index (χ0) is 18.8. The Morgan fingerprint density at radius 2 is 1.73 bits per heavy atom. The van der Waals surface area contributed by atoms with Crippen LogP contribution in [-0.4, -0.2) is 40.8 Å². The van der Waals surface area contributed by atoms with Gasteiger partial charge in [-0.25, -0.2) is 8.42 Å². The Kier molecular flexibility index (Phi) is 8.42. The molecular weight excluding hydrogens is 346 g/mol. The monoisotopic (exact) mass is 379 g/mol. The quantitative estimate of drug-likeness (QED) is 0.393. The van der Waals surface area contributed by atoms with Crippen molar-refractivity contribution in [1.29, 1.82) is 0 Å². The van der Waals surface area contributed by atoms with Crippen LogP contribution < -0.4 is 10.6 Å². The van der Waals surface area contributed by atoms with Crippen LogP contribution >= 0.6 is 0 Å². The van der Waals surface area contributed by atoms with E-state index in [1.807, 2.05) is 12.1 Å². The van der Waals surface area contributed by atoms with Crippen molar-refractivity contribution in [2.75, 3.05) is 26.4 Å². The summed E-state index contributed by atoms with van der Waals surface area (Å²) in [4.78, 5) is 4.62. The number of rotatable bonds is 9. The van der Waals surface area contributed by atoms with Gasteiger partial charge in [-0.2, -0.15) is 0 Å². The third-order valence-corrected chi connectivity index (χ3v) is 6.22. The predicted octanol–water partition coefficient (Wildman–Crippen LogP) is 3.16. The fourth-order valence-corrected chi connectivity index (χ4v) is 4.14. The lowest BCUT2D eigenvalue weighted by Gasteiger charge is -2.13. The normalized spacial score (nSPS) is 16.0. The fourth-order valence-electron chi connectivity index (χ4n) is 3.51. The van der Waals surface area contributed by atoms with Gasteiger partial charge in [-0.3, -0.25) is 4.99 Å². The van der Waals surface area contributed by atoms with Gasteiger partial charge in [-0.1, -0.05) is 50.7 Å². The molecule has 1 aromatic rings. The zero-order valence-corrected chi connectivity index (χ0v) is 16.9. The first-order chi connectivity index (χ1) is 12.5. The predicted molar refractivity (Wildman–Crippen MR) is 108 cm³/mol. The second-order valence-corrected chi connectivity index (χ2v) is 9.25. The van der Waals surface area contributed by atoms with Crippen molar-refractivity contribution in [2.24, 2.45) is 10.9 Å². The van der Waals surface area contributed by atoms with E-state index in [9.17, 15) is 8.42 Å². The summed E-state index contributed by atoms with van der Waals surface area (Å²) in [5.41, 5.74) is 1.11. The Labute approximate surface area is 158 Å². The Morgan fingerprint density at radius 3 is 2.35 bits per heavy atom. The number of nitrogens with one attached hydrogen (secondary N) is 2. The molecule has 26 heavy (non-hydrogen) atoms. The van der Waals surface area contributed by atoms with E-state index in [1.54, 1.807) is 19.2 Å². The molecule has 0 unspecified atom stereocenters. The molecule has 1 fully saturated rings. The van der Waals surface area contributed by atoms with Crippen LogP contribution in [0.4, 0.5) is 0 Å². The van der Waals surface area contributed by atoms with E-state index < -0.39 is 9.84 Å². The lowest BCUT2D eigenvalue weighted by atomic mass is 10.0. The molecule has 0 aliphatic heterocycles. The number of benzene rings is 1. The maximum Gasteiger partial charge on any atom is 0.190 e. The van der Waals surface area contributed by atoms with Crippen molar-refractivity contribution in [3.8, 4) is 0 Å². The smallest absolute Gasteiger partial charge is 0.190 e. The van der Waals surface area contributed by atoms with Crippen LogP contribution in [-0.2, 0) is 16.3 Å². The highest BCUT2D eigenvalue weighted by Gasteiger charge is 2.13. The summed E-state index contributed by atoms with van der Waals surface area (Å²) in [5.74, 6) is 1.81. The lowest BCUT2D eigenvalue weighted by molar-refractivity contribution is 0.472. The largest absolute Gasteiger partial charge is 0.356 e. The lowest BCUT2D eigenvalue weighted by Crippen LogP contribution is -2.38. The zero-order valence-electron chi connectivity index (χ0n) is 16.1. The van der Waals surface area contributed by atoms with Gasteiger partial charge in [0.1, 0.15) is 0 Å². The molecule has 0 aromatic heterocycles. The van der Waals surface area contributed by atoms with E-state index in [1.165, 1.54) is 51.2 Å². The van der Waals surface area contributed by atoms with Gasteiger partial charge >= 0.3 is 0 Å². The van der Waals surface area contributed by atoms with Gasteiger partial charge < -0.3 is 10.6 Å². The summed E-state index contributed by atoms with van der Waals surface area (Å²) in [6, 6.07) is 7.08. The topological polar surface area (TPSA) is 70.6 Å². The van der Waals surface area contributed by atoms with Gasteiger partial charge in [0.25, 0.3) is 0 Å². The van der Waals surface area contributed by atoms with Crippen molar-refractivity contribution in [1.82, 2.24) is 10.6 Å². The second-order valence-electron chi connectivity index (χ2n) is 7.24. The molecule has 5 nitrogen and oxygen atoms in total. The van der Waals surface area contributed by atoms with E-state index in [2.05, 4.69) is 15.6 Å². The van der Waals surface area contributed by atoms with E-state index in [4.69, 9.17) is 0 Å². The molecule has 0 atom stereocenters. The standard InChI is InChI=1S/C20H33N3O2S/c1-21-20(22-15-6-5-9-17-7-3-4-8-17)23-16-14-18-10-12-19(13-11-18)26(2,24)25/h10-13,17H,3-9,14-16H2,1-2H3,(H2,21,22,23). The molecule has 2 N–H and O–H groups in total. The molecule has 2 rings (SSSR count). The van der Waals surface area contributed by atoms with Crippen LogP contribution in [0, 0.1) is 5.92 Å². The first kappa shape index (κ1) is 20.7. The van der Waals surface area contributed by atoms with Crippen molar-refractivity contribution >= 4 is 15.8 Å². The molecule has 0 bridgehead atoms. The van der Waals surface area contributed by atoms with Gasteiger partial charge in [-0.05, 0) is 36.5 Å². The molecule has 0 saturated heterocycles. The van der Waals surface area contributed by atoms with E-state index in [0.717, 1.165) is 37.0 Å². The average molecular weight is 380 g/mol. The van der Waals surface area contributed by atoms with E-state index >= 15 is 0 Å². The Morgan fingerprint density at radius 1 is 1.08 bits per heavy atom. The summed E-state index contributed by atoms with van der Waals surface area (Å²) < 4.78 is 22.9. The molecule has 6 heteroatoms. The van der Waals surface area contributed by atoms with Gasteiger partial charge in [0.05, 0.1) is 4.90 Å². The summed E-state index contributed by atoms with van der Waals surface area (Å²) in [5, 5.41) is 6.69. The highest BCUT2D eigenvalue weighted by Crippen LogP contribution is 2.28. The highest BCUT2D eigenvalue weighted by atomic mass is 32.2. The maximum atomic E-state index is 11.5. The number of nitrogens with zero attached hydrogens (tertiary/aromatic N) is 1. The van der Waals surface area contributed by atoms with E-state index in [0.29, 0.717) is 4.90 Å².